The van der Waals surface area contributed by atoms with E-state index in [1.807, 2.05) is 60.7 Å². The monoisotopic (exact) mass is 425 g/mol. The van der Waals surface area contributed by atoms with Crippen molar-refractivity contribution in [2.24, 2.45) is 23.7 Å². The largest absolute Gasteiger partial charge is 0.447 e. The van der Waals surface area contributed by atoms with Gasteiger partial charge in [0.15, 0.2) is 5.78 Å². The van der Waals surface area contributed by atoms with Crippen molar-refractivity contribution in [3.8, 4) is 0 Å². The van der Waals surface area contributed by atoms with Crippen LogP contribution in [0.4, 0.5) is 4.79 Å². The van der Waals surface area contributed by atoms with Gasteiger partial charge in [-0.25, -0.2) is 9.69 Å². The van der Waals surface area contributed by atoms with E-state index in [1.165, 1.54) is 4.90 Å². The number of amides is 2. The minimum Gasteiger partial charge on any atom is -0.447 e. The number of benzene rings is 2. The molecule has 0 radical (unpaired) electrons. The van der Waals surface area contributed by atoms with E-state index >= 15 is 0 Å². The number of carbonyl (C=O) groups is 3. The Labute approximate surface area is 186 Å². The summed E-state index contributed by atoms with van der Waals surface area (Å²) in [6.07, 6.45) is 5.08. The van der Waals surface area contributed by atoms with Crippen LogP contribution >= 0.6 is 0 Å². The molecular weight excluding hydrogens is 402 g/mol. The highest BCUT2D eigenvalue weighted by Crippen LogP contribution is 2.58. The Balaban J connectivity index is 1.42. The van der Waals surface area contributed by atoms with E-state index in [4.69, 9.17) is 4.74 Å². The van der Waals surface area contributed by atoms with Gasteiger partial charge in [-0.1, -0.05) is 72.8 Å². The van der Waals surface area contributed by atoms with Crippen LogP contribution in [0.1, 0.15) is 17.5 Å². The number of imide groups is 1. The van der Waals surface area contributed by atoms with Crippen molar-refractivity contribution in [1.29, 1.82) is 0 Å². The molecule has 4 aliphatic rings. The molecule has 0 aromatic heterocycles. The molecule has 6 rings (SSSR count). The first kappa shape index (κ1) is 19.2. The Bertz CT molecular complexity index is 1170. The molecule has 2 fully saturated rings. The van der Waals surface area contributed by atoms with Gasteiger partial charge in [0.05, 0.1) is 6.04 Å². The predicted octanol–water partition coefficient (Wildman–Crippen LogP) is 4.05. The number of allylic oxidation sites excluding steroid dienone is 3. The highest BCUT2D eigenvalue weighted by molar-refractivity contribution is 6.31. The van der Waals surface area contributed by atoms with Gasteiger partial charge in [0.25, 0.3) is 5.91 Å². The van der Waals surface area contributed by atoms with Crippen molar-refractivity contribution >= 4 is 23.4 Å². The molecule has 2 bridgehead atoms. The van der Waals surface area contributed by atoms with Crippen LogP contribution < -0.4 is 0 Å². The van der Waals surface area contributed by atoms with Crippen LogP contribution in [0.2, 0.25) is 0 Å². The summed E-state index contributed by atoms with van der Waals surface area (Å²) >= 11 is 0. The number of Topliss-reactive ketones (excluding diaryl/α,β-unsaturated/α-hetero) is 1. The van der Waals surface area contributed by atoms with Crippen LogP contribution in [0.25, 0.3) is 5.57 Å². The number of ketones is 1. The normalized spacial score (nSPS) is 30.2. The van der Waals surface area contributed by atoms with Gasteiger partial charge in [-0.05, 0) is 35.8 Å². The zero-order valence-electron chi connectivity index (χ0n) is 17.5. The van der Waals surface area contributed by atoms with Crippen molar-refractivity contribution in [2.75, 3.05) is 6.61 Å². The Hall–Kier alpha value is -3.47. The van der Waals surface area contributed by atoms with E-state index in [-0.39, 0.29) is 48.0 Å². The van der Waals surface area contributed by atoms with Gasteiger partial charge in [-0.3, -0.25) is 9.59 Å². The summed E-state index contributed by atoms with van der Waals surface area (Å²) in [4.78, 5) is 41.6. The number of fused-ring (bicyclic) bond motifs is 5. The van der Waals surface area contributed by atoms with E-state index < -0.39 is 6.09 Å². The minimum absolute atomic E-state index is 0.0357. The smallest absolute Gasteiger partial charge is 0.417 e. The number of rotatable bonds is 4. The van der Waals surface area contributed by atoms with Crippen molar-refractivity contribution in [3.63, 3.8) is 0 Å². The zero-order valence-corrected chi connectivity index (χ0v) is 17.5. The molecule has 2 aromatic rings. The number of cyclic esters (lactones) is 1. The molecule has 32 heavy (non-hydrogen) atoms. The van der Waals surface area contributed by atoms with Gasteiger partial charge in [0.2, 0.25) is 0 Å². The van der Waals surface area contributed by atoms with Crippen LogP contribution in [0, 0.1) is 23.7 Å². The molecule has 160 valence electrons. The van der Waals surface area contributed by atoms with Crippen LogP contribution in [0.5, 0.6) is 0 Å². The molecule has 1 saturated carbocycles. The van der Waals surface area contributed by atoms with E-state index in [9.17, 15) is 14.4 Å². The summed E-state index contributed by atoms with van der Waals surface area (Å²) in [7, 11) is 0. The zero-order chi connectivity index (χ0) is 21.8. The molecule has 2 aromatic carbocycles. The molecule has 2 amide bonds. The molecule has 0 unspecified atom stereocenters. The third-order valence-electron chi connectivity index (χ3n) is 7.40. The standard InChI is InChI=1S/C27H23NO4/c29-25-22(17-9-5-2-6-10-17)24(21-18-11-12-19(14-18)23(21)25)26(30)28-20(15-32-27(28)31)13-16-7-3-1-4-8-16/h1-12,18-21,23H,13-15H2/t18-,19+,20+,21+,23-/m1/s1. The molecule has 5 nitrogen and oxygen atoms in total. The molecule has 3 aliphatic carbocycles. The maximum atomic E-state index is 14.0. The fourth-order valence-corrected chi connectivity index (χ4v) is 6.07. The first-order chi connectivity index (χ1) is 15.6. The fourth-order valence-electron chi connectivity index (χ4n) is 6.07. The van der Waals surface area contributed by atoms with Crippen molar-refractivity contribution < 1.29 is 19.1 Å². The van der Waals surface area contributed by atoms with E-state index in [1.54, 1.807) is 0 Å². The van der Waals surface area contributed by atoms with E-state index in [0.29, 0.717) is 17.6 Å². The average Bonchev–Trinajstić information content (AvgIpc) is 3.57. The molecule has 1 aliphatic heterocycles. The maximum Gasteiger partial charge on any atom is 0.417 e. The first-order valence-corrected chi connectivity index (χ1v) is 11.2. The van der Waals surface area contributed by atoms with Gasteiger partial charge in [-0.15, -0.1) is 0 Å². The summed E-state index contributed by atoms with van der Waals surface area (Å²) in [5.74, 6) is -0.355. The Morgan fingerprint density at radius 2 is 1.56 bits per heavy atom. The summed E-state index contributed by atoms with van der Waals surface area (Å²) in [6, 6.07) is 18.8. The van der Waals surface area contributed by atoms with Crippen molar-refractivity contribution in [1.82, 2.24) is 4.90 Å². The lowest BCUT2D eigenvalue weighted by atomic mass is 9.81. The van der Waals surface area contributed by atoms with Gasteiger partial charge >= 0.3 is 6.09 Å². The summed E-state index contributed by atoms with van der Waals surface area (Å²) < 4.78 is 5.32. The quantitative estimate of drug-likeness (QED) is 0.694. The highest BCUT2D eigenvalue weighted by atomic mass is 16.6. The number of hydrogen-bond acceptors (Lipinski definition) is 4. The highest BCUT2D eigenvalue weighted by Gasteiger charge is 2.58. The molecular formula is C27H23NO4. The molecule has 0 spiro atoms. The third-order valence-corrected chi connectivity index (χ3v) is 7.40. The fraction of sp³-hybridized carbons (Fsp3) is 0.296. The minimum atomic E-state index is -0.620. The van der Waals surface area contributed by atoms with Gasteiger partial charge in [0.1, 0.15) is 6.61 Å². The number of ether oxygens (including phenoxy) is 1. The molecule has 1 heterocycles. The second-order valence-corrected chi connectivity index (χ2v) is 9.11. The lowest BCUT2D eigenvalue weighted by molar-refractivity contribution is -0.125. The Morgan fingerprint density at radius 3 is 2.28 bits per heavy atom. The number of carbonyl (C=O) groups excluding carboxylic acids is 3. The van der Waals surface area contributed by atoms with Crippen LogP contribution in [-0.4, -0.2) is 35.3 Å². The van der Waals surface area contributed by atoms with Crippen molar-refractivity contribution in [2.45, 2.75) is 18.9 Å². The summed E-state index contributed by atoms with van der Waals surface area (Å²) in [6.45, 7) is 0.168. The van der Waals surface area contributed by atoms with Gasteiger partial charge in [0, 0.05) is 23.0 Å². The molecule has 5 atom stereocenters. The summed E-state index contributed by atoms with van der Waals surface area (Å²) in [5.41, 5.74) is 2.78. The molecule has 5 heteroatoms. The topological polar surface area (TPSA) is 63.7 Å². The summed E-state index contributed by atoms with van der Waals surface area (Å²) in [5, 5.41) is 0. The van der Waals surface area contributed by atoms with Gasteiger partial charge < -0.3 is 4.74 Å². The predicted molar refractivity (Wildman–Crippen MR) is 118 cm³/mol. The first-order valence-electron chi connectivity index (χ1n) is 11.2. The lowest BCUT2D eigenvalue weighted by Crippen LogP contribution is -2.42. The van der Waals surface area contributed by atoms with Crippen LogP contribution in [0.3, 0.4) is 0 Å². The second kappa shape index (κ2) is 7.30. The van der Waals surface area contributed by atoms with E-state index in [0.717, 1.165) is 17.5 Å². The maximum absolute atomic E-state index is 14.0. The van der Waals surface area contributed by atoms with Crippen LogP contribution in [0.15, 0.2) is 78.4 Å². The number of nitrogens with zero attached hydrogens (tertiary/aromatic N) is 1. The third kappa shape index (κ3) is 2.80. The Morgan fingerprint density at radius 1 is 0.906 bits per heavy atom. The average molecular weight is 425 g/mol. The lowest BCUT2D eigenvalue weighted by Gasteiger charge is -2.26. The number of hydrogen-bond donors (Lipinski definition) is 0. The molecule has 1 saturated heterocycles. The molecule has 0 N–H and O–H groups in total. The van der Waals surface area contributed by atoms with E-state index in [2.05, 4.69) is 12.2 Å². The van der Waals surface area contributed by atoms with Crippen molar-refractivity contribution in [3.05, 3.63) is 89.5 Å². The SMILES string of the molecule is O=C1C(c2ccccc2)=C(C(=O)N2C(=O)OC[C@@H]2Cc2ccccc2)[C@@H]2[C@H]1[C@H]1C=C[C@@H]2C1. The second-order valence-electron chi connectivity index (χ2n) is 9.11. The van der Waals surface area contributed by atoms with Crippen LogP contribution in [-0.2, 0) is 20.7 Å². The Kier molecular flexibility index (Phi) is 4.39. The van der Waals surface area contributed by atoms with Gasteiger partial charge in [-0.2, -0.15) is 0 Å².